The minimum atomic E-state index is -0.916. The fourth-order valence-electron chi connectivity index (χ4n) is 6.39. The van der Waals surface area contributed by atoms with Gasteiger partial charge in [-0.05, 0) is 69.5 Å². The second-order valence-electron chi connectivity index (χ2n) is 11.1. The molecule has 0 aromatic heterocycles. The highest BCUT2D eigenvalue weighted by Crippen LogP contribution is 2.48. The zero-order valence-corrected chi connectivity index (χ0v) is 27.1. The molecule has 0 heterocycles. The molecule has 1 aliphatic rings. The summed E-state index contributed by atoms with van der Waals surface area (Å²) in [6.45, 7) is 22.9. The maximum absolute atomic E-state index is 6.60. The lowest BCUT2D eigenvalue weighted by atomic mass is 9.65. The first-order valence-corrected chi connectivity index (χ1v) is 17.4. The summed E-state index contributed by atoms with van der Waals surface area (Å²) in [6, 6.07) is 22.6. The summed E-state index contributed by atoms with van der Waals surface area (Å²) >= 11 is 0. The molecule has 40 heavy (non-hydrogen) atoms. The number of benzene rings is 2. The van der Waals surface area contributed by atoms with Gasteiger partial charge in [-0.3, -0.25) is 4.90 Å². The van der Waals surface area contributed by atoms with Crippen LogP contribution in [0, 0.1) is 0 Å². The van der Waals surface area contributed by atoms with Gasteiger partial charge in [0.25, 0.3) is 0 Å². The number of nitrogens with zero attached hydrogens (tertiary/aromatic N) is 3. The van der Waals surface area contributed by atoms with Gasteiger partial charge in [0.15, 0.2) is 8.38 Å². The van der Waals surface area contributed by atoms with Gasteiger partial charge in [0.2, 0.25) is 0 Å². The molecule has 0 spiro atoms. The lowest BCUT2D eigenvalue weighted by Crippen LogP contribution is -2.48. The molecule has 5 nitrogen and oxygen atoms in total. The van der Waals surface area contributed by atoms with E-state index in [2.05, 4.69) is 117 Å². The molecule has 1 saturated carbocycles. The van der Waals surface area contributed by atoms with E-state index in [1.807, 2.05) is 0 Å². The van der Waals surface area contributed by atoms with Gasteiger partial charge in [-0.25, -0.2) is 0 Å². The van der Waals surface area contributed by atoms with Gasteiger partial charge in [0, 0.05) is 37.8 Å². The van der Waals surface area contributed by atoms with Gasteiger partial charge in [0.1, 0.15) is 0 Å². The quantitative estimate of drug-likeness (QED) is 0.176. The SMILES string of the molecule is CCN(CC)CCN(CC)CC(COP(C)OC1CCC(c2ccccc2)(c2ccccc2)CC1)N(CC)CC. The van der Waals surface area contributed by atoms with Crippen LogP contribution in [0.15, 0.2) is 60.7 Å². The third kappa shape index (κ3) is 9.34. The first-order chi connectivity index (χ1) is 19.5. The van der Waals surface area contributed by atoms with E-state index in [0.29, 0.717) is 6.04 Å². The Labute approximate surface area is 247 Å². The van der Waals surface area contributed by atoms with Crippen molar-refractivity contribution in [2.45, 2.75) is 77.9 Å². The molecule has 1 aliphatic carbocycles. The average Bonchev–Trinajstić information content (AvgIpc) is 3.01. The Kier molecular flexibility index (Phi) is 14.6. The zero-order chi connectivity index (χ0) is 28.8. The van der Waals surface area contributed by atoms with Crippen LogP contribution in [0.5, 0.6) is 0 Å². The predicted molar refractivity (Wildman–Crippen MR) is 172 cm³/mol. The molecule has 0 saturated heterocycles. The fraction of sp³-hybridized carbons (Fsp3) is 0.647. The predicted octanol–water partition coefficient (Wildman–Crippen LogP) is 7.26. The molecule has 6 heteroatoms. The summed E-state index contributed by atoms with van der Waals surface area (Å²) in [5.41, 5.74) is 2.93. The topological polar surface area (TPSA) is 28.2 Å². The van der Waals surface area contributed by atoms with E-state index in [-0.39, 0.29) is 11.5 Å². The smallest absolute Gasteiger partial charge is 0.167 e. The molecule has 2 aromatic carbocycles. The molecule has 2 atom stereocenters. The van der Waals surface area contributed by atoms with Gasteiger partial charge in [-0.1, -0.05) is 95.3 Å². The van der Waals surface area contributed by atoms with Crippen molar-refractivity contribution in [2.24, 2.45) is 0 Å². The van der Waals surface area contributed by atoms with Crippen molar-refractivity contribution in [2.75, 3.05) is 65.6 Å². The second kappa shape index (κ2) is 17.6. The van der Waals surface area contributed by atoms with E-state index < -0.39 is 8.38 Å². The van der Waals surface area contributed by atoms with E-state index in [0.717, 1.165) is 84.6 Å². The third-order valence-corrected chi connectivity index (χ3v) is 10.2. The highest BCUT2D eigenvalue weighted by atomic mass is 31.2. The summed E-state index contributed by atoms with van der Waals surface area (Å²) in [7, 11) is -0.916. The van der Waals surface area contributed by atoms with Crippen molar-refractivity contribution in [3.05, 3.63) is 71.8 Å². The van der Waals surface area contributed by atoms with Crippen LogP contribution in [0.1, 0.15) is 71.4 Å². The van der Waals surface area contributed by atoms with Crippen molar-refractivity contribution in [3.63, 3.8) is 0 Å². The minimum Gasteiger partial charge on any atom is -0.333 e. The second-order valence-corrected chi connectivity index (χ2v) is 12.5. The number of hydrogen-bond donors (Lipinski definition) is 0. The van der Waals surface area contributed by atoms with Crippen molar-refractivity contribution in [1.82, 2.24) is 14.7 Å². The first kappa shape index (κ1) is 33.2. The van der Waals surface area contributed by atoms with E-state index in [9.17, 15) is 0 Å². The van der Waals surface area contributed by atoms with Gasteiger partial charge in [-0.2, -0.15) is 0 Å². The molecule has 0 amide bonds. The summed E-state index contributed by atoms with van der Waals surface area (Å²) in [6.07, 6.45) is 4.61. The summed E-state index contributed by atoms with van der Waals surface area (Å²) in [5, 5.41) is 0. The molecule has 2 unspecified atom stereocenters. The highest BCUT2D eigenvalue weighted by molar-refractivity contribution is 7.46. The van der Waals surface area contributed by atoms with Gasteiger partial charge < -0.3 is 18.8 Å². The normalized spacial score (nSPS) is 17.5. The van der Waals surface area contributed by atoms with E-state index in [4.69, 9.17) is 9.05 Å². The zero-order valence-electron chi connectivity index (χ0n) is 26.2. The number of rotatable bonds is 18. The Bertz CT molecular complexity index is 874. The van der Waals surface area contributed by atoms with Crippen LogP contribution < -0.4 is 0 Å². The molecule has 0 bridgehead atoms. The van der Waals surface area contributed by atoms with E-state index in [1.165, 1.54) is 11.1 Å². The molecule has 0 radical (unpaired) electrons. The Balaban J connectivity index is 1.56. The Morgan fingerprint density at radius 1 is 0.750 bits per heavy atom. The van der Waals surface area contributed by atoms with Gasteiger partial charge in [-0.15, -0.1) is 0 Å². The lowest BCUT2D eigenvalue weighted by Gasteiger charge is -2.41. The molecular weight excluding hydrogens is 513 g/mol. The van der Waals surface area contributed by atoms with Crippen LogP contribution in [0.3, 0.4) is 0 Å². The van der Waals surface area contributed by atoms with Crippen LogP contribution in [0.4, 0.5) is 0 Å². The molecule has 3 rings (SSSR count). The molecular formula is C34H56N3O2P. The van der Waals surface area contributed by atoms with Gasteiger partial charge >= 0.3 is 0 Å². The Hall–Kier alpha value is -1.33. The molecule has 224 valence electrons. The van der Waals surface area contributed by atoms with Crippen molar-refractivity contribution in [1.29, 1.82) is 0 Å². The standard InChI is InChI=1S/C34H56N3O2P/c1-7-35(8-2)26-27-36(9-3)28-32(37(10-4)11-5)29-38-40(6)39-33-22-24-34(25-23-33,30-18-14-12-15-19-30)31-20-16-13-17-21-31/h12-21,32-33H,7-11,22-29H2,1-6H3. The van der Waals surface area contributed by atoms with Gasteiger partial charge in [0.05, 0.1) is 12.7 Å². The molecule has 1 fully saturated rings. The van der Waals surface area contributed by atoms with E-state index >= 15 is 0 Å². The molecule has 2 aromatic rings. The average molecular weight is 570 g/mol. The van der Waals surface area contributed by atoms with Crippen molar-refractivity contribution < 1.29 is 9.05 Å². The number of likely N-dealkylation sites (N-methyl/N-ethyl adjacent to an activating group) is 3. The van der Waals surface area contributed by atoms with E-state index in [1.54, 1.807) is 0 Å². The molecule has 0 N–H and O–H groups in total. The summed E-state index contributed by atoms with van der Waals surface area (Å²) < 4.78 is 13.1. The first-order valence-electron chi connectivity index (χ1n) is 15.8. The third-order valence-electron chi connectivity index (χ3n) is 9.06. The maximum Gasteiger partial charge on any atom is 0.167 e. The monoisotopic (exact) mass is 569 g/mol. The van der Waals surface area contributed by atoms with Crippen molar-refractivity contribution >= 4 is 8.38 Å². The Morgan fingerprint density at radius 3 is 1.73 bits per heavy atom. The summed E-state index contributed by atoms with van der Waals surface area (Å²) in [4.78, 5) is 7.66. The fourth-order valence-corrected chi connectivity index (χ4v) is 7.47. The van der Waals surface area contributed by atoms with Crippen LogP contribution in [-0.4, -0.2) is 92.5 Å². The maximum atomic E-state index is 6.60. The minimum absolute atomic E-state index is 0.0718. The Morgan fingerprint density at radius 2 is 1.25 bits per heavy atom. The summed E-state index contributed by atoms with van der Waals surface area (Å²) in [5.74, 6) is 0. The van der Waals surface area contributed by atoms with Crippen LogP contribution in [-0.2, 0) is 14.5 Å². The highest BCUT2D eigenvalue weighted by Gasteiger charge is 2.39. The van der Waals surface area contributed by atoms with Crippen LogP contribution in [0.2, 0.25) is 0 Å². The van der Waals surface area contributed by atoms with Crippen LogP contribution in [0.25, 0.3) is 0 Å². The molecule has 0 aliphatic heterocycles. The number of hydrogen-bond acceptors (Lipinski definition) is 5. The van der Waals surface area contributed by atoms with Crippen LogP contribution >= 0.6 is 8.38 Å². The van der Waals surface area contributed by atoms with Crippen molar-refractivity contribution in [3.8, 4) is 0 Å². The lowest BCUT2D eigenvalue weighted by molar-refractivity contribution is 0.0833. The largest absolute Gasteiger partial charge is 0.333 e.